The number of nitrogens with two attached hydrogens (primary N) is 1. The monoisotopic (exact) mass is 454 g/mol. The van der Waals surface area contributed by atoms with E-state index in [4.69, 9.17) is 5.73 Å². The van der Waals surface area contributed by atoms with E-state index in [0.29, 0.717) is 22.8 Å². The van der Waals surface area contributed by atoms with Crippen molar-refractivity contribution < 1.29 is 24.6 Å². The number of thioether (sulfide) groups is 1. The van der Waals surface area contributed by atoms with Crippen LogP contribution >= 0.6 is 27.7 Å². The number of halogens is 1. The number of aliphatic hydroxyl groups excluding tert-OH is 1. The van der Waals surface area contributed by atoms with Crippen molar-refractivity contribution in [2.24, 2.45) is 17.6 Å². The zero-order valence-electron chi connectivity index (χ0n) is 14.5. The van der Waals surface area contributed by atoms with E-state index in [1.165, 1.54) is 18.7 Å². The fourth-order valence-corrected chi connectivity index (χ4v) is 5.01. The summed E-state index contributed by atoms with van der Waals surface area (Å²) in [5.41, 5.74) is 5.81. The molecular weight excluding hydrogens is 436 g/mol. The number of fused-ring (bicyclic) bond motifs is 1. The Morgan fingerprint density at radius 2 is 1.96 bits per heavy atom. The largest absolute Gasteiger partial charge is 0.477 e. The number of aliphatic hydroxyl groups is 1. The molecule has 1 unspecified atom stereocenters. The van der Waals surface area contributed by atoms with Crippen LogP contribution in [0.25, 0.3) is 0 Å². The van der Waals surface area contributed by atoms with Crippen LogP contribution in [0, 0.1) is 11.8 Å². The summed E-state index contributed by atoms with van der Waals surface area (Å²) in [5, 5.41) is 19.7. The summed E-state index contributed by atoms with van der Waals surface area (Å²) >= 11 is 4.51. The van der Waals surface area contributed by atoms with Crippen molar-refractivity contribution in [2.75, 3.05) is 12.3 Å². The third kappa shape index (κ3) is 3.33. The summed E-state index contributed by atoms with van der Waals surface area (Å²) in [6.45, 7) is 1.78. The van der Waals surface area contributed by atoms with Crippen LogP contribution in [0.15, 0.2) is 39.3 Å². The fourth-order valence-electron chi connectivity index (χ4n) is 3.66. The van der Waals surface area contributed by atoms with Crippen LogP contribution in [0.1, 0.15) is 17.3 Å². The predicted octanol–water partition coefficient (Wildman–Crippen LogP) is 1.46. The fraction of sp³-hybridized carbons (Fsp3) is 0.389. The van der Waals surface area contributed by atoms with Gasteiger partial charge in [0.2, 0.25) is 5.91 Å². The van der Waals surface area contributed by atoms with Crippen LogP contribution in [0.5, 0.6) is 0 Å². The van der Waals surface area contributed by atoms with Crippen LogP contribution in [0.4, 0.5) is 0 Å². The predicted molar refractivity (Wildman–Crippen MR) is 104 cm³/mol. The number of benzene rings is 1. The maximum absolute atomic E-state index is 13.3. The molecule has 3 rings (SSSR count). The van der Waals surface area contributed by atoms with E-state index >= 15 is 0 Å². The second-order valence-electron chi connectivity index (χ2n) is 6.47. The summed E-state index contributed by atoms with van der Waals surface area (Å²) < 4.78 is 0.812. The van der Waals surface area contributed by atoms with Crippen molar-refractivity contribution in [1.29, 1.82) is 0 Å². The van der Waals surface area contributed by atoms with E-state index in [0.717, 1.165) is 9.37 Å². The molecule has 0 aliphatic carbocycles. The quantitative estimate of drug-likeness (QED) is 0.421. The van der Waals surface area contributed by atoms with E-state index in [-0.39, 0.29) is 11.5 Å². The lowest BCUT2D eigenvalue weighted by Gasteiger charge is -2.46. The minimum Gasteiger partial charge on any atom is -0.477 e. The van der Waals surface area contributed by atoms with Gasteiger partial charge >= 0.3 is 5.97 Å². The standard InChI is InChI=1S/C18H19BrN2O5S/c1-8(22)11-13-12(15(23)9-2-4-10(19)5-3-9)16(27-7-6-20)14(18(25)26)21(13)17(11)24/h2-5,8,11-13,22H,6-7,20H2,1H3,(H,25,26)/t8-,11-,12?,13-/m1/s1. The molecule has 1 fully saturated rings. The van der Waals surface area contributed by atoms with E-state index in [9.17, 15) is 24.6 Å². The Labute approximate surface area is 168 Å². The number of carboxylic acids is 1. The highest BCUT2D eigenvalue weighted by molar-refractivity contribution is 9.10. The molecular formula is C18H19BrN2O5S. The minimum atomic E-state index is -1.26. The zero-order valence-corrected chi connectivity index (χ0v) is 16.9. The summed E-state index contributed by atoms with van der Waals surface area (Å²) in [5.74, 6) is -3.21. The van der Waals surface area contributed by atoms with Gasteiger partial charge in [-0.2, -0.15) is 0 Å². The summed E-state index contributed by atoms with van der Waals surface area (Å²) in [6.07, 6.45) is -0.979. The van der Waals surface area contributed by atoms with Gasteiger partial charge in [-0.05, 0) is 19.1 Å². The van der Waals surface area contributed by atoms with Gasteiger partial charge in [-0.25, -0.2) is 4.79 Å². The van der Waals surface area contributed by atoms with Crippen LogP contribution in [-0.4, -0.2) is 57.2 Å². The molecule has 9 heteroatoms. The lowest BCUT2D eigenvalue weighted by Crippen LogP contribution is -2.64. The van der Waals surface area contributed by atoms with E-state index in [2.05, 4.69) is 15.9 Å². The van der Waals surface area contributed by atoms with Crippen LogP contribution in [-0.2, 0) is 9.59 Å². The lowest BCUT2D eigenvalue weighted by atomic mass is 9.76. The number of carbonyl (C=O) groups excluding carboxylic acids is 2. The number of Topliss-reactive ketones (excluding diaryl/α,β-unsaturated/α-hetero) is 1. The van der Waals surface area contributed by atoms with Crippen LogP contribution in [0.2, 0.25) is 0 Å². The van der Waals surface area contributed by atoms with Crippen molar-refractivity contribution in [3.8, 4) is 0 Å². The second kappa shape index (κ2) is 7.75. The number of ketones is 1. The summed E-state index contributed by atoms with van der Waals surface area (Å²) in [7, 11) is 0. The van der Waals surface area contributed by atoms with Crippen molar-refractivity contribution in [2.45, 2.75) is 19.1 Å². The Bertz CT molecular complexity index is 824. The minimum absolute atomic E-state index is 0.171. The zero-order chi connectivity index (χ0) is 19.9. The van der Waals surface area contributed by atoms with Gasteiger partial charge in [0.25, 0.3) is 0 Å². The maximum Gasteiger partial charge on any atom is 0.353 e. The molecule has 2 aliphatic rings. The van der Waals surface area contributed by atoms with Crippen molar-refractivity contribution in [3.63, 3.8) is 0 Å². The lowest BCUT2D eigenvalue weighted by molar-refractivity contribution is -0.162. The van der Waals surface area contributed by atoms with Crippen molar-refractivity contribution in [3.05, 3.63) is 44.9 Å². The topological polar surface area (TPSA) is 121 Å². The Kier molecular flexibility index (Phi) is 5.76. The van der Waals surface area contributed by atoms with Gasteiger partial charge in [0.1, 0.15) is 5.70 Å². The van der Waals surface area contributed by atoms with Crippen LogP contribution < -0.4 is 5.73 Å². The molecule has 2 heterocycles. The smallest absolute Gasteiger partial charge is 0.353 e. The molecule has 0 bridgehead atoms. The molecule has 2 aliphatic heterocycles. The third-order valence-electron chi connectivity index (χ3n) is 4.80. The molecule has 7 nitrogen and oxygen atoms in total. The normalized spacial score (nSPS) is 25.3. The van der Waals surface area contributed by atoms with E-state index in [1.807, 2.05) is 0 Å². The first-order valence-corrected chi connectivity index (χ1v) is 10.2. The molecule has 1 aromatic rings. The van der Waals surface area contributed by atoms with Gasteiger partial charge in [0.05, 0.1) is 24.0 Å². The first-order chi connectivity index (χ1) is 12.8. The number of nitrogens with zero attached hydrogens (tertiary/aromatic N) is 1. The van der Waals surface area contributed by atoms with Gasteiger partial charge in [0.15, 0.2) is 5.78 Å². The highest BCUT2D eigenvalue weighted by Gasteiger charge is 2.63. The first kappa shape index (κ1) is 20.1. The van der Waals surface area contributed by atoms with E-state index in [1.54, 1.807) is 24.3 Å². The molecule has 4 atom stereocenters. The number of hydrogen-bond donors (Lipinski definition) is 3. The average Bonchev–Trinajstić information content (AvgIpc) is 2.90. The first-order valence-electron chi connectivity index (χ1n) is 8.40. The Morgan fingerprint density at radius 1 is 1.33 bits per heavy atom. The van der Waals surface area contributed by atoms with Crippen LogP contribution in [0.3, 0.4) is 0 Å². The number of aliphatic carboxylic acids is 1. The number of carboxylic acid groups (broad SMARTS) is 1. The van der Waals surface area contributed by atoms with Gasteiger partial charge < -0.3 is 15.9 Å². The molecule has 0 radical (unpaired) electrons. The average molecular weight is 455 g/mol. The Balaban J connectivity index is 2.08. The van der Waals surface area contributed by atoms with Gasteiger partial charge in [0, 0.05) is 27.2 Å². The Morgan fingerprint density at radius 3 is 2.48 bits per heavy atom. The molecule has 0 aromatic heterocycles. The summed E-state index contributed by atoms with van der Waals surface area (Å²) in [4.78, 5) is 39.1. The van der Waals surface area contributed by atoms with Gasteiger partial charge in [-0.3, -0.25) is 14.5 Å². The highest BCUT2D eigenvalue weighted by atomic mass is 79.9. The van der Waals surface area contributed by atoms with Crippen molar-refractivity contribution in [1.82, 2.24) is 4.90 Å². The Hall–Kier alpha value is -1.68. The number of β-lactam (4-membered cyclic amide) rings is 1. The molecule has 1 amide bonds. The molecule has 0 spiro atoms. The number of amides is 1. The maximum atomic E-state index is 13.3. The molecule has 4 N–H and O–H groups in total. The van der Waals surface area contributed by atoms with Gasteiger partial charge in [-0.15, -0.1) is 11.8 Å². The summed E-state index contributed by atoms with van der Waals surface area (Å²) in [6, 6.07) is 6.07. The van der Waals surface area contributed by atoms with Crippen molar-refractivity contribution >= 4 is 45.4 Å². The number of carbonyl (C=O) groups is 3. The molecule has 144 valence electrons. The van der Waals surface area contributed by atoms with Gasteiger partial charge in [-0.1, -0.05) is 28.1 Å². The molecule has 1 saturated heterocycles. The van der Waals surface area contributed by atoms with E-state index < -0.39 is 35.9 Å². The SMILES string of the molecule is C[C@@H](O)[C@H]1C(=O)N2C(C(=O)O)=C(SCCN)C(C(=O)c3ccc(Br)cc3)[C@@H]12. The molecule has 1 aromatic carbocycles. The molecule has 27 heavy (non-hydrogen) atoms. The second-order valence-corrected chi connectivity index (χ2v) is 8.52. The number of hydrogen-bond acceptors (Lipinski definition) is 6. The highest BCUT2D eigenvalue weighted by Crippen LogP contribution is 2.51. The third-order valence-corrected chi connectivity index (χ3v) is 6.52. The number of rotatable bonds is 7. The molecule has 0 saturated carbocycles.